The van der Waals surface area contributed by atoms with Crippen LogP contribution in [0.25, 0.3) is 11.4 Å². The molecule has 0 saturated carbocycles. The summed E-state index contributed by atoms with van der Waals surface area (Å²) in [6.45, 7) is 0. The molecule has 1 aliphatic carbocycles. The topological polar surface area (TPSA) is 58.6 Å². The van der Waals surface area contributed by atoms with Crippen LogP contribution in [-0.4, -0.2) is 15.0 Å². The van der Waals surface area contributed by atoms with Crippen molar-refractivity contribution in [1.29, 1.82) is 0 Å². The van der Waals surface area contributed by atoms with Crippen molar-refractivity contribution in [3.8, 4) is 11.4 Å². The molecule has 0 aromatic carbocycles. The minimum Gasteiger partial charge on any atom is -0.306 e. The van der Waals surface area contributed by atoms with Gasteiger partial charge in [0.1, 0.15) is 5.82 Å². The Morgan fingerprint density at radius 3 is 2.53 bits per heavy atom. The first-order valence-electron chi connectivity index (χ1n) is 6.87. The number of nitrogens with one attached hydrogen (secondary N) is 1. The maximum atomic E-state index is 12.2. The van der Waals surface area contributed by atoms with Crippen molar-refractivity contribution < 1.29 is 0 Å². The number of aryl methyl sites for hydroxylation is 1. The van der Waals surface area contributed by atoms with Gasteiger partial charge in [0.05, 0.1) is 5.69 Å². The fourth-order valence-electron chi connectivity index (χ4n) is 2.60. The Morgan fingerprint density at radius 1 is 1.00 bits per heavy atom. The predicted octanol–water partition coefficient (Wildman–Crippen LogP) is 2.49. The van der Waals surface area contributed by atoms with E-state index < -0.39 is 0 Å². The predicted molar refractivity (Wildman–Crippen MR) is 74.0 cm³/mol. The molecule has 2 aromatic heterocycles. The van der Waals surface area contributed by atoms with Gasteiger partial charge in [-0.1, -0.05) is 12.8 Å². The molecule has 98 valence electrons. The average molecular weight is 255 g/mol. The molecule has 2 heterocycles. The summed E-state index contributed by atoms with van der Waals surface area (Å²) in [4.78, 5) is 23.8. The summed E-state index contributed by atoms with van der Waals surface area (Å²) in [5.74, 6) is 0.659. The third-order valence-electron chi connectivity index (χ3n) is 3.65. The molecule has 2 aromatic rings. The van der Waals surface area contributed by atoms with Crippen molar-refractivity contribution in [2.24, 2.45) is 0 Å². The number of pyridine rings is 1. The molecular formula is C15H17N3O. The highest BCUT2D eigenvalue weighted by molar-refractivity contribution is 5.53. The third kappa shape index (κ3) is 2.57. The lowest BCUT2D eigenvalue weighted by atomic mass is 9.98. The van der Waals surface area contributed by atoms with Gasteiger partial charge in [0.15, 0.2) is 0 Å². The molecule has 0 bridgehead atoms. The quantitative estimate of drug-likeness (QED) is 0.851. The van der Waals surface area contributed by atoms with Crippen LogP contribution in [0.2, 0.25) is 0 Å². The summed E-state index contributed by atoms with van der Waals surface area (Å²) in [5.41, 5.74) is 2.81. The molecule has 1 aliphatic rings. The highest BCUT2D eigenvalue weighted by Crippen LogP contribution is 2.18. The molecule has 4 heteroatoms. The standard InChI is InChI=1S/C15H17N3O/c19-15-12-5-3-1-2-4-6-13(12)17-14(18-15)11-7-9-16-10-8-11/h7-10H,1-6H2,(H,17,18,19). The zero-order valence-electron chi connectivity index (χ0n) is 10.9. The van der Waals surface area contributed by atoms with Gasteiger partial charge in [-0.25, -0.2) is 4.98 Å². The number of fused-ring (bicyclic) bond motifs is 1. The molecule has 4 nitrogen and oxygen atoms in total. The number of hydrogen-bond donors (Lipinski definition) is 1. The van der Waals surface area contributed by atoms with Crippen molar-refractivity contribution in [2.45, 2.75) is 38.5 Å². The van der Waals surface area contributed by atoms with Crippen LogP contribution in [-0.2, 0) is 12.8 Å². The second-order valence-corrected chi connectivity index (χ2v) is 4.99. The molecule has 0 fully saturated rings. The molecule has 0 spiro atoms. The monoisotopic (exact) mass is 255 g/mol. The molecule has 0 unspecified atom stereocenters. The summed E-state index contributed by atoms with van der Waals surface area (Å²) < 4.78 is 0. The zero-order chi connectivity index (χ0) is 13.1. The van der Waals surface area contributed by atoms with Crippen molar-refractivity contribution in [1.82, 2.24) is 15.0 Å². The van der Waals surface area contributed by atoms with E-state index in [0.717, 1.165) is 42.5 Å². The Balaban J connectivity index is 2.07. The largest absolute Gasteiger partial charge is 0.306 e. The van der Waals surface area contributed by atoms with Gasteiger partial charge in [-0.05, 0) is 37.8 Å². The molecule has 19 heavy (non-hydrogen) atoms. The molecular weight excluding hydrogens is 238 g/mol. The normalized spacial score (nSPS) is 15.4. The SMILES string of the molecule is O=c1[nH]c(-c2ccncc2)nc2c1CCCCCC2. The minimum atomic E-state index is 0.0266. The van der Waals surface area contributed by atoms with Crippen molar-refractivity contribution in [3.05, 3.63) is 46.1 Å². The highest BCUT2D eigenvalue weighted by Gasteiger charge is 2.14. The third-order valence-corrected chi connectivity index (χ3v) is 3.65. The van der Waals surface area contributed by atoms with Gasteiger partial charge in [-0.3, -0.25) is 9.78 Å². The summed E-state index contributed by atoms with van der Waals surface area (Å²) in [6.07, 6.45) is 9.86. The Kier molecular flexibility index (Phi) is 3.40. The Morgan fingerprint density at radius 2 is 1.74 bits per heavy atom. The van der Waals surface area contributed by atoms with Gasteiger partial charge >= 0.3 is 0 Å². The number of rotatable bonds is 1. The van der Waals surface area contributed by atoms with E-state index in [1.165, 1.54) is 12.8 Å². The summed E-state index contributed by atoms with van der Waals surface area (Å²) in [7, 11) is 0. The van der Waals surface area contributed by atoms with Crippen LogP contribution in [0.1, 0.15) is 36.9 Å². The Hall–Kier alpha value is -1.97. The molecule has 0 atom stereocenters. The summed E-state index contributed by atoms with van der Waals surface area (Å²) in [5, 5.41) is 0. The van der Waals surface area contributed by atoms with Crippen LogP contribution >= 0.6 is 0 Å². The fourth-order valence-corrected chi connectivity index (χ4v) is 2.60. The van der Waals surface area contributed by atoms with E-state index in [0.29, 0.717) is 5.82 Å². The molecule has 0 amide bonds. The second-order valence-electron chi connectivity index (χ2n) is 4.99. The molecule has 0 aliphatic heterocycles. The number of nitrogens with zero attached hydrogens (tertiary/aromatic N) is 2. The van der Waals surface area contributed by atoms with Crippen LogP contribution in [0.15, 0.2) is 29.3 Å². The van der Waals surface area contributed by atoms with Crippen LogP contribution in [0.4, 0.5) is 0 Å². The lowest BCUT2D eigenvalue weighted by Gasteiger charge is -2.13. The van der Waals surface area contributed by atoms with Gasteiger partial charge in [0.25, 0.3) is 5.56 Å². The number of aromatic amines is 1. The molecule has 3 rings (SSSR count). The summed E-state index contributed by atoms with van der Waals surface area (Å²) >= 11 is 0. The summed E-state index contributed by atoms with van der Waals surface area (Å²) in [6, 6.07) is 3.74. The van der Waals surface area contributed by atoms with Gasteiger partial charge in [0.2, 0.25) is 0 Å². The number of hydrogen-bond acceptors (Lipinski definition) is 3. The lowest BCUT2D eigenvalue weighted by molar-refractivity contribution is 0.604. The van der Waals surface area contributed by atoms with E-state index >= 15 is 0 Å². The highest BCUT2D eigenvalue weighted by atomic mass is 16.1. The van der Waals surface area contributed by atoms with Gasteiger partial charge < -0.3 is 4.98 Å². The average Bonchev–Trinajstić information content (AvgIpc) is 2.41. The maximum absolute atomic E-state index is 12.2. The van der Waals surface area contributed by atoms with E-state index in [4.69, 9.17) is 0 Å². The van der Waals surface area contributed by atoms with E-state index in [1.54, 1.807) is 12.4 Å². The van der Waals surface area contributed by atoms with E-state index in [1.807, 2.05) is 12.1 Å². The van der Waals surface area contributed by atoms with Crippen LogP contribution < -0.4 is 5.56 Å². The first-order valence-corrected chi connectivity index (χ1v) is 6.87. The molecule has 0 saturated heterocycles. The van der Waals surface area contributed by atoms with Crippen LogP contribution in [0.5, 0.6) is 0 Å². The maximum Gasteiger partial charge on any atom is 0.254 e. The van der Waals surface area contributed by atoms with Crippen molar-refractivity contribution >= 4 is 0 Å². The van der Waals surface area contributed by atoms with Crippen molar-refractivity contribution in [2.75, 3.05) is 0 Å². The molecule has 1 N–H and O–H groups in total. The van der Waals surface area contributed by atoms with E-state index in [-0.39, 0.29) is 5.56 Å². The second kappa shape index (κ2) is 5.34. The van der Waals surface area contributed by atoms with E-state index in [2.05, 4.69) is 15.0 Å². The Bertz CT molecular complexity index is 619. The van der Waals surface area contributed by atoms with Crippen LogP contribution in [0.3, 0.4) is 0 Å². The van der Waals surface area contributed by atoms with Crippen LogP contribution in [0, 0.1) is 0 Å². The number of H-pyrrole nitrogens is 1. The smallest absolute Gasteiger partial charge is 0.254 e. The van der Waals surface area contributed by atoms with Gasteiger partial charge in [-0.15, -0.1) is 0 Å². The lowest BCUT2D eigenvalue weighted by Crippen LogP contribution is -2.20. The molecule has 0 radical (unpaired) electrons. The van der Waals surface area contributed by atoms with E-state index in [9.17, 15) is 4.79 Å². The van der Waals surface area contributed by atoms with Gasteiger partial charge in [0, 0.05) is 23.5 Å². The Labute approximate surface area is 111 Å². The zero-order valence-corrected chi connectivity index (χ0v) is 10.9. The number of aromatic nitrogens is 3. The fraction of sp³-hybridized carbons (Fsp3) is 0.400. The van der Waals surface area contributed by atoms with Gasteiger partial charge in [-0.2, -0.15) is 0 Å². The first-order chi connectivity index (χ1) is 9.34. The van der Waals surface area contributed by atoms with Crippen molar-refractivity contribution in [3.63, 3.8) is 0 Å². The first kappa shape index (κ1) is 12.1. The minimum absolute atomic E-state index is 0.0266.